The molecule has 0 aliphatic carbocycles. The summed E-state index contributed by atoms with van der Waals surface area (Å²) >= 11 is 6.02. The molecule has 0 radical (unpaired) electrons. The Hall–Kier alpha value is -2.40. The fourth-order valence-electron chi connectivity index (χ4n) is 1.69. The van der Waals surface area contributed by atoms with E-state index in [-0.39, 0.29) is 5.75 Å². The van der Waals surface area contributed by atoms with E-state index in [9.17, 15) is 5.11 Å². The van der Waals surface area contributed by atoms with Crippen molar-refractivity contribution < 1.29 is 14.6 Å². The quantitative estimate of drug-likeness (QED) is 0.655. The van der Waals surface area contributed by atoms with E-state index in [0.717, 1.165) is 11.3 Å². The van der Waals surface area contributed by atoms with Gasteiger partial charge < -0.3 is 14.6 Å². The molecule has 0 aliphatic rings. The van der Waals surface area contributed by atoms with Crippen LogP contribution in [0.5, 0.6) is 17.2 Å². The third-order valence-electron chi connectivity index (χ3n) is 2.76. The van der Waals surface area contributed by atoms with Crippen LogP contribution in [0.2, 0.25) is 5.02 Å². The van der Waals surface area contributed by atoms with Gasteiger partial charge in [-0.3, -0.25) is 5.43 Å². The molecule has 6 heteroatoms. The second kappa shape index (κ2) is 6.85. The molecule has 21 heavy (non-hydrogen) atoms. The standard InChI is InChI=1S/C15H15ClN2O3/c1-20-14-6-4-11(8-12(14)16)18-17-9-10-3-5-13(19)15(7-10)21-2/h3-9,18-19H,1-2H3/b17-9+. The van der Waals surface area contributed by atoms with Crippen LogP contribution in [0.3, 0.4) is 0 Å². The zero-order chi connectivity index (χ0) is 15.2. The number of halogens is 1. The van der Waals surface area contributed by atoms with E-state index < -0.39 is 0 Å². The van der Waals surface area contributed by atoms with E-state index in [1.54, 1.807) is 49.7 Å². The van der Waals surface area contributed by atoms with Crippen molar-refractivity contribution in [3.63, 3.8) is 0 Å². The van der Waals surface area contributed by atoms with Crippen molar-refractivity contribution in [3.05, 3.63) is 47.0 Å². The number of rotatable bonds is 5. The van der Waals surface area contributed by atoms with Gasteiger partial charge in [-0.2, -0.15) is 5.10 Å². The zero-order valence-corrected chi connectivity index (χ0v) is 12.4. The average Bonchev–Trinajstić information content (AvgIpc) is 2.49. The minimum atomic E-state index is 0.0875. The highest BCUT2D eigenvalue weighted by Gasteiger charge is 2.02. The fourth-order valence-corrected chi connectivity index (χ4v) is 1.95. The molecule has 0 amide bonds. The summed E-state index contributed by atoms with van der Waals surface area (Å²) in [5.41, 5.74) is 4.39. The molecule has 0 fully saturated rings. The van der Waals surface area contributed by atoms with Gasteiger partial charge in [0, 0.05) is 0 Å². The number of hydrazone groups is 1. The minimum Gasteiger partial charge on any atom is -0.504 e. The Morgan fingerprint density at radius 2 is 1.86 bits per heavy atom. The lowest BCUT2D eigenvalue weighted by atomic mass is 10.2. The van der Waals surface area contributed by atoms with Crippen LogP contribution in [0.1, 0.15) is 5.56 Å². The highest BCUT2D eigenvalue weighted by atomic mass is 35.5. The molecule has 0 bridgehead atoms. The summed E-state index contributed by atoms with van der Waals surface area (Å²) in [6.45, 7) is 0. The summed E-state index contributed by atoms with van der Waals surface area (Å²) < 4.78 is 10.1. The smallest absolute Gasteiger partial charge is 0.161 e. The van der Waals surface area contributed by atoms with Crippen molar-refractivity contribution in [3.8, 4) is 17.2 Å². The molecule has 110 valence electrons. The summed E-state index contributed by atoms with van der Waals surface area (Å²) in [5, 5.41) is 14.1. The second-order valence-electron chi connectivity index (χ2n) is 4.15. The van der Waals surface area contributed by atoms with Crippen LogP contribution in [-0.2, 0) is 0 Å². The zero-order valence-electron chi connectivity index (χ0n) is 11.6. The van der Waals surface area contributed by atoms with E-state index in [1.807, 2.05) is 0 Å². The lowest BCUT2D eigenvalue weighted by molar-refractivity contribution is 0.373. The van der Waals surface area contributed by atoms with Crippen molar-refractivity contribution in [2.24, 2.45) is 5.10 Å². The van der Waals surface area contributed by atoms with Crippen LogP contribution >= 0.6 is 11.6 Å². The predicted octanol–water partition coefficient (Wildman–Crippen LogP) is 3.51. The molecule has 0 heterocycles. The third-order valence-corrected chi connectivity index (χ3v) is 3.06. The number of benzene rings is 2. The van der Waals surface area contributed by atoms with Gasteiger partial charge in [0.25, 0.3) is 0 Å². The maximum Gasteiger partial charge on any atom is 0.161 e. The molecule has 2 aromatic rings. The number of anilines is 1. The summed E-state index contributed by atoms with van der Waals surface area (Å²) in [6.07, 6.45) is 1.61. The predicted molar refractivity (Wildman–Crippen MR) is 83.9 cm³/mol. The molecule has 0 spiro atoms. The first-order valence-corrected chi connectivity index (χ1v) is 6.51. The summed E-state index contributed by atoms with van der Waals surface area (Å²) in [5.74, 6) is 1.09. The Morgan fingerprint density at radius 1 is 1.10 bits per heavy atom. The molecule has 0 aromatic heterocycles. The molecule has 0 aliphatic heterocycles. The van der Waals surface area contributed by atoms with E-state index in [2.05, 4.69) is 10.5 Å². The summed E-state index contributed by atoms with van der Waals surface area (Å²) in [4.78, 5) is 0. The highest BCUT2D eigenvalue weighted by Crippen LogP contribution is 2.27. The van der Waals surface area contributed by atoms with Gasteiger partial charge in [-0.1, -0.05) is 11.6 Å². The van der Waals surface area contributed by atoms with Crippen molar-refractivity contribution in [2.45, 2.75) is 0 Å². The number of ether oxygens (including phenoxy) is 2. The Kier molecular flexibility index (Phi) is 4.90. The fraction of sp³-hybridized carbons (Fsp3) is 0.133. The SMILES string of the molecule is COc1cc(/C=N/Nc2ccc(OC)c(Cl)c2)ccc1O. The van der Waals surface area contributed by atoms with Gasteiger partial charge in [0.15, 0.2) is 11.5 Å². The van der Waals surface area contributed by atoms with E-state index in [0.29, 0.717) is 16.5 Å². The monoisotopic (exact) mass is 306 g/mol. The van der Waals surface area contributed by atoms with Crippen molar-refractivity contribution >= 4 is 23.5 Å². The highest BCUT2D eigenvalue weighted by molar-refractivity contribution is 6.32. The normalized spacial score (nSPS) is 10.6. The molecule has 0 unspecified atom stereocenters. The third kappa shape index (κ3) is 3.79. The molecule has 2 rings (SSSR count). The van der Waals surface area contributed by atoms with Gasteiger partial charge in [0.1, 0.15) is 5.75 Å². The maximum atomic E-state index is 9.51. The van der Waals surface area contributed by atoms with Gasteiger partial charge in [0.05, 0.1) is 31.1 Å². The van der Waals surface area contributed by atoms with Crippen LogP contribution in [-0.4, -0.2) is 25.5 Å². The number of nitrogens with zero attached hydrogens (tertiary/aromatic N) is 1. The van der Waals surface area contributed by atoms with E-state index >= 15 is 0 Å². The first-order valence-electron chi connectivity index (χ1n) is 6.13. The number of hydrogen-bond acceptors (Lipinski definition) is 5. The number of hydrogen-bond donors (Lipinski definition) is 2. The van der Waals surface area contributed by atoms with Crippen molar-refractivity contribution in [2.75, 3.05) is 19.6 Å². The molecule has 0 saturated heterocycles. The summed E-state index contributed by atoms with van der Waals surface area (Å²) in [7, 11) is 3.05. The van der Waals surface area contributed by atoms with Crippen molar-refractivity contribution in [1.82, 2.24) is 0 Å². The number of aromatic hydroxyl groups is 1. The van der Waals surface area contributed by atoms with E-state index in [4.69, 9.17) is 21.1 Å². The second-order valence-corrected chi connectivity index (χ2v) is 4.56. The van der Waals surface area contributed by atoms with Gasteiger partial charge in [0.2, 0.25) is 0 Å². The number of methoxy groups -OCH3 is 2. The Balaban J connectivity index is 2.07. The number of phenols is 1. The molecule has 2 aromatic carbocycles. The lowest BCUT2D eigenvalue weighted by Crippen LogP contribution is -1.92. The van der Waals surface area contributed by atoms with Gasteiger partial charge >= 0.3 is 0 Å². The molecular formula is C15H15ClN2O3. The minimum absolute atomic E-state index is 0.0875. The van der Waals surface area contributed by atoms with Crippen LogP contribution < -0.4 is 14.9 Å². The number of nitrogens with one attached hydrogen (secondary N) is 1. The molecule has 0 atom stereocenters. The Bertz CT molecular complexity index is 659. The summed E-state index contributed by atoms with van der Waals surface area (Å²) in [6, 6.07) is 10.2. The van der Waals surface area contributed by atoms with Crippen LogP contribution in [0.15, 0.2) is 41.5 Å². The largest absolute Gasteiger partial charge is 0.504 e. The van der Waals surface area contributed by atoms with Crippen LogP contribution in [0.4, 0.5) is 5.69 Å². The van der Waals surface area contributed by atoms with Crippen molar-refractivity contribution in [1.29, 1.82) is 0 Å². The number of phenolic OH excluding ortho intramolecular Hbond substituents is 1. The van der Waals surface area contributed by atoms with E-state index in [1.165, 1.54) is 7.11 Å². The van der Waals surface area contributed by atoms with Gasteiger partial charge in [-0.25, -0.2) is 0 Å². The Labute approximate surface area is 127 Å². The van der Waals surface area contributed by atoms with Gasteiger partial charge in [-0.15, -0.1) is 0 Å². The lowest BCUT2D eigenvalue weighted by Gasteiger charge is -2.06. The maximum absolute atomic E-state index is 9.51. The molecule has 5 nitrogen and oxygen atoms in total. The first kappa shape index (κ1) is 15.0. The molecule has 2 N–H and O–H groups in total. The first-order chi connectivity index (χ1) is 10.1. The molecule has 0 saturated carbocycles. The average molecular weight is 307 g/mol. The molecular weight excluding hydrogens is 292 g/mol. The topological polar surface area (TPSA) is 63.1 Å². The van der Waals surface area contributed by atoms with Gasteiger partial charge in [-0.05, 0) is 42.0 Å². The van der Waals surface area contributed by atoms with Crippen LogP contribution in [0.25, 0.3) is 0 Å². The Morgan fingerprint density at radius 3 is 2.52 bits per heavy atom. The van der Waals surface area contributed by atoms with Crippen LogP contribution in [0, 0.1) is 0 Å².